The number of hydrogen-bond acceptors (Lipinski definition) is 2. The molecule has 0 fully saturated rings. The molecule has 0 unspecified atom stereocenters. The summed E-state index contributed by atoms with van der Waals surface area (Å²) in [7, 11) is 0. The third kappa shape index (κ3) is 4.05. The maximum absolute atomic E-state index is 12.6. The first kappa shape index (κ1) is 16.0. The Kier molecular flexibility index (Phi) is 4.46. The number of halogens is 4. The average molecular weight is 330 g/mol. The Morgan fingerprint density at radius 2 is 1.82 bits per heavy atom. The summed E-state index contributed by atoms with van der Waals surface area (Å²) in [5, 5.41) is 5.08. The number of nitrogen functional groups attached to an aromatic ring is 1. The monoisotopic (exact) mass is 329 g/mol. The highest BCUT2D eigenvalue weighted by atomic mass is 35.5. The molecule has 8 heteroatoms. The molecule has 0 saturated heterocycles. The molecule has 4 N–H and O–H groups in total. The van der Waals surface area contributed by atoms with Gasteiger partial charge in [-0.25, -0.2) is 4.79 Å². The Hall–Kier alpha value is -2.41. The van der Waals surface area contributed by atoms with Crippen LogP contribution in [0.3, 0.4) is 0 Å². The van der Waals surface area contributed by atoms with Crippen molar-refractivity contribution in [1.82, 2.24) is 0 Å². The third-order valence-corrected chi connectivity index (χ3v) is 2.95. The first-order chi connectivity index (χ1) is 10.3. The van der Waals surface area contributed by atoms with Crippen LogP contribution < -0.4 is 16.4 Å². The van der Waals surface area contributed by atoms with Crippen LogP contribution in [0.1, 0.15) is 5.56 Å². The second-order valence-electron chi connectivity index (χ2n) is 4.39. The molecule has 0 heterocycles. The van der Waals surface area contributed by atoms with Gasteiger partial charge in [0.15, 0.2) is 0 Å². The average Bonchev–Trinajstić information content (AvgIpc) is 2.42. The number of alkyl halides is 3. The summed E-state index contributed by atoms with van der Waals surface area (Å²) < 4.78 is 37.8. The van der Waals surface area contributed by atoms with E-state index in [1.807, 2.05) is 0 Å². The fraction of sp³-hybridized carbons (Fsp3) is 0.0714. The lowest BCUT2D eigenvalue weighted by atomic mass is 10.2. The summed E-state index contributed by atoms with van der Waals surface area (Å²) in [6, 6.07) is 8.05. The largest absolute Gasteiger partial charge is 0.416 e. The number of amides is 2. The van der Waals surface area contributed by atoms with Crippen molar-refractivity contribution < 1.29 is 18.0 Å². The molecule has 0 bridgehead atoms. The van der Waals surface area contributed by atoms with E-state index in [-0.39, 0.29) is 17.1 Å². The Morgan fingerprint density at radius 3 is 2.50 bits per heavy atom. The van der Waals surface area contributed by atoms with Crippen molar-refractivity contribution in [2.75, 3.05) is 16.4 Å². The smallest absolute Gasteiger partial charge is 0.397 e. The maximum atomic E-state index is 12.6. The molecule has 2 rings (SSSR count). The number of benzene rings is 2. The Morgan fingerprint density at radius 1 is 1.09 bits per heavy atom. The van der Waals surface area contributed by atoms with Crippen LogP contribution in [0.15, 0.2) is 42.5 Å². The van der Waals surface area contributed by atoms with Gasteiger partial charge in [-0.1, -0.05) is 17.7 Å². The number of nitrogens with one attached hydrogen (secondary N) is 2. The molecule has 0 aliphatic carbocycles. The van der Waals surface area contributed by atoms with Crippen LogP contribution in [0.5, 0.6) is 0 Å². The van der Waals surface area contributed by atoms with Crippen LogP contribution in [0, 0.1) is 0 Å². The highest BCUT2D eigenvalue weighted by Crippen LogP contribution is 2.30. The first-order valence-corrected chi connectivity index (χ1v) is 6.44. The number of anilines is 3. The molecule has 0 radical (unpaired) electrons. The number of nitrogens with two attached hydrogens (primary N) is 1. The molecule has 0 aliphatic rings. The molecule has 2 amide bonds. The zero-order chi connectivity index (χ0) is 16.3. The van der Waals surface area contributed by atoms with Gasteiger partial charge in [0.2, 0.25) is 0 Å². The molecule has 4 nitrogen and oxygen atoms in total. The number of rotatable bonds is 2. The van der Waals surface area contributed by atoms with Gasteiger partial charge in [0, 0.05) is 10.7 Å². The predicted molar refractivity (Wildman–Crippen MR) is 79.9 cm³/mol. The zero-order valence-electron chi connectivity index (χ0n) is 11.0. The van der Waals surface area contributed by atoms with Crippen molar-refractivity contribution in [2.45, 2.75) is 6.18 Å². The molecule has 22 heavy (non-hydrogen) atoms. The molecular formula is C14H11ClF3N3O. The molecule has 0 atom stereocenters. The first-order valence-electron chi connectivity index (χ1n) is 6.06. The highest BCUT2D eigenvalue weighted by Gasteiger charge is 2.30. The minimum atomic E-state index is -4.48. The fourth-order valence-corrected chi connectivity index (χ4v) is 1.87. The Bertz CT molecular complexity index is 704. The van der Waals surface area contributed by atoms with E-state index in [1.54, 1.807) is 6.07 Å². The molecule has 0 aromatic heterocycles. The van der Waals surface area contributed by atoms with Crippen molar-refractivity contribution in [3.05, 3.63) is 53.1 Å². The summed E-state index contributed by atoms with van der Waals surface area (Å²) in [6.07, 6.45) is -4.48. The van der Waals surface area contributed by atoms with Crippen LogP contribution in [-0.4, -0.2) is 6.03 Å². The van der Waals surface area contributed by atoms with Gasteiger partial charge < -0.3 is 16.4 Å². The van der Waals surface area contributed by atoms with E-state index in [2.05, 4.69) is 10.6 Å². The SMILES string of the molecule is Nc1ccc(Cl)cc1NC(=O)Nc1cccc(C(F)(F)F)c1. The van der Waals surface area contributed by atoms with Crippen molar-refractivity contribution in [1.29, 1.82) is 0 Å². The van der Waals surface area contributed by atoms with Crippen molar-refractivity contribution in [3.63, 3.8) is 0 Å². The topological polar surface area (TPSA) is 67.1 Å². The molecular weight excluding hydrogens is 319 g/mol. The minimum absolute atomic E-state index is 0.00734. The fourth-order valence-electron chi connectivity index (χ4n) is 1.69. The van der Waals surface area contributed by atoms with Crippen molar-refractivity contribution in [3.8, 4) is 0 Å². The van der Waals surface area contributed by atoms with Crippen LogP contribution >= 0.6 is 11.6 Å². The lowest BCUT2D eigenvalue weighted by Crippen LogP contribution is -2.20. The minimum Gasteiger partial charge on any atom is -0.397 e. The predicted octanol–water partition coefficient (Wildman–Crippen LogP) is 4.59. The Labute approximate surface area is 129 Å². The number of carbonyl (C=O) groups is 1. The lowest BCUT2D eigenvalue weighted by molar-refractivity contribution is -0.137. The molecule has 0 aliphatic heterocycles. The molecule has 0 spiro atoms. The second-order valence-corrected chi connectivity index (χ2v) is 4.83. The maximum Gasteiger partial charge on any atom is 0.416 e. The summed E-state index contributed by atoms with van der Waals surface area (Å²) in [5.74, 6) is 0. The highest BCUT2D eigenvalue weighted by molar-refractivity contribution is 6.31. The number of urea groups is 1. The summed E-state index contributed by atoms with van der Waals surface area (Å²) in [6.45, 7) is 0. The van der Waals surface area contributed by atoms with E-state index in [0.29, 0.717) is 5.02 Å². The van der Waals surface area contributed by atoms with E-state index in [4.69, 9.17) is 17.3 Å². The quantitative estimate of drug-likeness (QED) is 0.706. The number of hydrogen-bond donors (Lipinski definition) is 3. The second kappa shape index (κ2) is 6.15. The van der Waals surface area contributed by atoms with E-state index >= 15 is 0 Å². The Balaban J connectivity index is 2.11. The number of carbonyl (C=O) groups excluding carboxylic acids is 1. The van der Waals surface area contributed by atoms with E-state index in [1.165, 1.54) is 24.3 Å². The van der Waals surface area contributed by atoms with E-state index in [9.17, 15) is 18.0 Å². The van der Waals surface area contributed by atoms with E-state index < -0.39 is 17.8 Å². The van der Waals surface area contributed by atoms with Gasteiger partial charge in [-0.2, -0.15) is 13.2 Å². The normalized spacial score (nSPS) is 11.1. The molecule has 116 valence electrons. The van der Waals surface area contributed by atoms with Gasteiger partial charge in [-0.15, -0.1) is 0 Å². The molecule has 2 aromatic carbocycles. The van der Waals surface area contributed by atoms with Gasteiger partial charge in [0.05, 0.1) is 16.9 Å². The molecule has 0 saturated carbocycles. The molecule has 2 aromatic rings. The van der Waals surface area contributed by atoms with Gasteiger partial charge in [0.1, 0.15) is 0 Å². The summed E-state index contributed by atoms with van der Waals surface area (Å²) in [5.41, 5.74) is 5.36. The van der Waals surface area contributed by atoms with Gasteiger partial charge in [0.25, 0.3) is 0 Å². The van der Waals surface area contributed by atoms with E-state index in [0.717, 1.165) is 12.1 Å². The van der Waals surface area contributed by atoms with Crippen molar-refractivity contribution >= 4 is 34.7 Å². The van der Waals surface area contributed by atoms with Gasteiger partial charge in [-0.3, -0.25) is 0 Å². The van der Waals surface area contributed by atoms with Crippen LogP contribution in [0.2, 0.25) is 5.02 Å². The van der Waals surface area contributed by atoms with Crippen LogP contribution in [0.4, 0.5) is 35.0 Å². The van der Waals surface area contributed by atoms with Crippen LogP contribution in [-0.2, 0) is 6.18 Å². The summed E-state index contributed by atoms with van der Waals surface area (Å²) >= 11 is 5.78. The van der Waals surface area contributed by atoms with Crippen molar-refractivity contribution in [2.24, 2.45) is 0 Å². The lowest BCUT2D eigenvalue weighted by Gasteiger charge is -2.12. The van der Waals surface area contributed by atoms with Gasteiger partial charge >= 0.3 is 12.2 Å². The third-order valence-electron chi connectivity index (χ3n) is 2.71. The van der Waals surface area contributed by atoms with Gasteiger partial charge in [-0.05, 0) is 36.4 Å². The standard InChI is InChI=1S/C14H11ClF3N3O/c15-9-4-5-11(19)12(7-9)21-13(22)20-10-3-1-2-8(6-10)14(16,17)18/h1-7H,19H2,(H2,20,21,22). The van der Waals surface area contributed by atoms with Crippen LogP contribution in [0.25, 0.3) is 0 Å². The summed E-state index contributed by atoms with van der Waals surface area (Å²) in [4.78, 5) is 11.8. The zero-order valence-corrected chi connectivity index (χ0v) is 11.8.